The van der Waals surface area contributed by atoms with Crippen molar-refractivity contribution in [1.29, 1.82) is 0 Å². The summed E-state index contributed by atoms with van der Waals surface area (Å²) in [5.41, 5.74) is 0.919. The monoisotopic (exact) mass is 230 g/mol. The number of aryl methyl sites for hydroxylation is 2. The van der Waals surface area contributed by atoms with Crippen LogP contribution >= 0.6 is 0 Å². The van der Waals surface area contributed by atoms with Gasteiger partial charge >= 0.3 is 0 Å². The summed E-state index contributed by atoms with van der Waals surface area (Å²) in [4.78, 5) is 0. The Balaban J connectivity index is 2.32. The van der Waals surface area contributed by atoms with Gasteiger partial charge in [-0.2, -0.15) is 5.10 Å². The van der Waals surface area contributed by atoms with Gasteiger partial charge in [0.1, 0.15) is 5.75 Å². The number of ether oxygens (including phenoxy) is 1. The van der Waals surface area contributed by atoms with E-state index in [1.165, 1.54) is 0 Å². The van der Waals surface area contributed by atoms with E-state index in [4.69, 9.17) is 4.74 Å². The molecule has 0 radical (unpaired) electrons. The number of hydrogen-bond acceptors (Lipinski definition) is 4. The van der Waals surface area contributed by atoms with Crippen molar-refractivity contribution in [1.82, 2.24) is 14.9 Å². The predicted octanol–water partition coefficient (Wildman–Crippen LogP) is 1.79. The van der Waals surface area contributed by atoms with Crippen LogP contribution in [0.4, 0.5) is 0 Å². The lowest BCUT2D eigenvalue weighted by atomic mass is 10.2. The Hall–Kier alpha value is -2.17. The quantitative estimate of drug-likeness (QED) is 0.755. The number of benzene rings is 1. The number of para-hydroxylation sites is 1. The molecule has 88 valence electrons. The first-order chi connectivity index (χ1) is 8.22. The first-order valence-corrected chi connectivity index (χ1v) is 5.28. The van der Waals surface area contributed by atoms with Gasteiger partial charge in [-0.05, 0) is 26.0 Å². The molecule has 0 unspecified atom stereocenters. The molecule has 2 aromatic rings. The number of methoxy groups -OCH3 is 1. The molecule has 0 amide bonds. The molecule has 0 saturated heterocycles. The van der Waals surface area contributed by atoms with E-state index >= 15 is 0 Å². The highest BCUT2D eigenvalue weighted by molar-refractivity contribution is 5.83. The van der Waals surface area contributed by atoms with Crippen molar-refractivity contribution < 1.29 is 4.74 Å². The van der Waals surface area contributed by atoms with E-state index < -0.39 is 0 Å². The molecule has 2 rings (SSSR count). The largest absolute Gasteiger partial charge is 0.496 e. The number of aromatic nitrogens is 3. The zero-order valence-corrected chi connectivity index (χ0v) is 10.1. The summed E-state index contributed by atoms with van der Waals surface area (Å²) in [6, 6.07) is 7.70. The first-order valence-electron chi connectivity index (χ1n) is 5.28. The van der Waals surface area contributed by atoms with E-state index in [0.29, 0.717) is 0 Å². The molecule has 0 atom stereocenters. The second kappa shape index (κ2) is 4.78. The summed E-state index contributed by atoms with van der Waals surface area (Å²) in [7, 11) is 1.64. The molecule has 0 fully saturated rings. The summed E-state index contributed by atoms with van der Waals surface area (Å²) in [5.74, 6) is 2.31. The van der Waals surface area contributed by atoms with E-state index in [9.17, 15) is 0 Å². The van der Waals surface area contributed by atoms with E-state index in [1.54, 1.807) is 18.0 Å². The Morgan fingerprint density at radius 2 is 1.82 bits per heavy atom. The number of nitrogens with zero attached hydrogens (tertiary/aromatic N) is 4. The Bertz CT molecular complexity index is 526. The van der Waals surface area contributed by atoms with E-state index in [-0.39, 0.29) is 0 Å². The maximum atomic E-state index is 5.24. The van der Waals surface area contributed by atoms with Crippen molar-refractivity contribution in [3.05, 3.63) is 41.5 Å². The van der Waals surface area contributed by atoms with Gasteiger partial charge in [0.15, 0.2) is 11.6 Å². The molecule has 0 aliphatic heterocycles. The lowest BCUT2D eigenvalue weighted by Gasteiger charge is -2.03. The van der Waals surface area contributed by atoms with Gasteiger partial charge in [-0.3, -0.25) is 0 Å². The van der Waals surface area contributed by atoms with E-state index in [0.717, 1.165) is 23.0 Å². The predicted molar refractivity (Wildman–Crippen MR) is 65.5 cm³/mol. The molecular weight excluding hydrogens is 216 g/mol. The first kappa shape index (κ1) is 11.3. The van der Waals surface area contributed by atoms with Gasteiger partial charge in [0.2, 0.25) is 0 Å². The Morgan fingerprint density at radius 3 is 2.47 bits per heavy atom. The third-order valence-corrected chi connectivity index (χ3v) is 2.40. The second-order valence-electron chi connectivity index (χ2n) is 3.59. The van der Waals surface area contributed by atoms with Gasteiger partial charge in [0.05, 0.1) is 13.3 Å². The fourth-order valence-electron chi connectivity index (χ4n) is 1.52. The highest BCUT2D eigenvalue weighted by Crippen LogP contribution is 2.14. The Kier molecular flexibility index (Phi) is 3.18. The van der Waals surface area contributed by atoms with Crippen LogP contribution in [0, 0.1) is 13.8 Å². The Morgan fingerprint density at radius 1 is 1.18 bits per heavy atom. The number of hydrogen-bond donors (Lipinski definition) is 0. The van der Waals surface area contributed by atoms with Crippen LogP contribution in [0.25, 0.3) is 0 Å². The smallest absolute Gasteiger partial charge is 0.151 e. The van der Waals surface area contributed by atoms with Gasteiger partial charge in [0.25, 0.3) is 0 Å². The lowest BCUT2D eigenvalue weighted by Crippen LogP contribution is -1.97. The Labute approximate surface area is 99.8 Å². The van der Waals surface area contributed by atoms with Crippen LogP contribution in [0.3, 0.4) is 0 Å². The van der Waals surface area contributed by atoms with Gasteiger partial charge in [-0.15, -0.1) is 10.2 Å². The molecule has 1 heterocycles. The van der Waals surface area contributed by atoms with Gasteiger partial charge < -0.3 is 4.74 Å². The van der Waals surface area contributed by atoms with E-state index in [1.807, 2.05) is 38.1 Å². The van der Waals surface area contributed by atoms with Crippen LogP contribution < -0.4 is 4.74 Å². The molecule has 1 aromatic carbocycles. The molecular formula is C12H14N4O. The summed E-state index contributed by atoms with van der Waals surface area (Å²) >= 11 is 0. The molecule has 0 saturated carbocycles. The van der Waals surface area contributed by atoms with E-state index in [2.05, 4.69) is 15.3 Å². The van der Waals surface area contributed by atoms with Crippen molar-refractivity contribution in [3.8, 4) is 5.75 Å². The van der Waals surface area contributed by atoms with Crippen molar-refractivity contribution in [2.24, 2.45) is 5.10 Å². The van der Waals surface area contributed by atoms with Gasteiger partial charge in [-0.1, -0.05) is 12.1 Å². The number of rotatable bonds is 3. The molecule has 5 nitrogen and oxygen atoms in total. The van der Waals surface area contributed by atoms with Crippen LogP contribution in [0.2, 0.25) is 0 Å². The molecule has 0 N–H and O–H groups in total. The summed E-state index contributed by atoms with van der Waals surface area (Å²) in [5, 5.41) is 12.2. The lowest BCUT2D eigenvalue weighted by molar-refractivity contribution is 0.414. The molecule has 0 aliphatic carbocycles. The average molecular weight is 230 g/mol. The second-order valence-corrected chi connectivity index (χ2v) is 3.59. The minimum Gasteiger partial charge on any atom is -0.496 e. The van der Waals surface area contributed by atoms with Crippen LogP contribution in [0.1, 0.15) is 17.2 Å². The third-order valence-electron chi connectivity index (χ3n) is 2.40. The fraction of sp³-hybridized carbons (Fsp3) is 0.250. The maximum Gasteiger partial charge on any atom is 0.151 e. The highest BCUT2D eigenvalue weighted by Gasteiger charge is 2.02. The molecule has 0 aliphatic rings. The zero-order chi connectivity index (χ0) is 12.3. The van der Waals surface area contributed by atoms with Crippen LogP contribution in [0.15, 0.2) is 29.4 Å². The average Bonchev–Trinajstić information content (AvgIpc) is 2.67. The standard InChI is InChI=1S/C12H14N4O/c1-9-14-15-10(2)16(9)13-8-11-6-4-5-7-12(11)17-3/h4-8H,1-3H3/b13-8+. The topological polar surface area (TPSA) is 52.3 Å². The van der Waals surface area contributed by atoms with Crippen molar-refractivity contribution >= 4 is 6.21 Å². The molecule has 5 heteroatoms. The van der Waals surface area contributed by atoms with Crippen molar-refractivity contribution in [2.45, 2.75) is 13.8 Å². The normalized spacial score (nSPS) is 11.0. The maximum absolute atomic E-state index is 5.24. The fourth-order valence-corrected chi connectivity index (χ4v) is 1.52. The summed E-state index contributed by atoms with van der Waals surface area (Å²) in [6.45, 7) is 3.72. The van der Waals surface area contributed by atoms with Gasteiger partial charge in [0, 0.05) is 5.56 Å². The highest BCUT2D eigenvalue weighted by atomic mass is 16.5. The van der Waals surface area contributed by atoms with Crippen LogP contribution in [-0.2, 0) is 0 Å². The molecule has 0 bridgehead atoms. The van der Waals surface area contributed by atoms with Gasteiger partial charge in [-0.25, -0.2) is 4.68 Å². The minimum atomic E-state index is 0.758. The molecule has 1 aromatic heterocycles. The SMILES string of the molecule is COc1ccccc1/C=N/n1c(C)nnc1C. The van der Waals surface area contributed by atoms with Crippen LogP contribution in [0.5, 0.6) is 5.75 Å². The van der Waals surface area contributed by atoms with Crippen molar-refractivity contribution in [3.63, 3.8) is 0 Å². The zero-order valence-electron chi connectivity index (χ0n) is 10.1. The molecule has 0 spiro atoms. The minimum absolute atomic E-state index is 0.758. The summed E-state index contributed by atoms with van der Waals surface area (Å²) < 4.78 is 6.93. The summed E-state index contributed by atoms with van der Waals surface area (Å²) in [6.07, 6.45) is 1.74. The van der Waals surface area contributed by atoms with Crippen molar-refractivity contribution in [2.75, 3.05) is 7.11 Å². The third kappa shape index (κ3) is 2.33. The molecule has 17 heavy (non-hydrogen) atoms. The van der Waals surface area contributed by atoms with Crippen LogP contribution in [-0.4, -0.2) is 28.2 Å².